The second-order valence-electron chi connectivity index (χ2n) is 7.30. The maximum atomic E-state index is 12.5. The molecule has 0 aliphatic carbocycles. The summed E-state index contributed by atoms with van der Waals surface area (Å²) < 4.78 is 25.3. The molecule has 1 amide bonds. The van der Waals surface area contributed by atoms with Crippen molar-refractivity contribution in [3.05, 3.63) is 47.0 Å². The van der Waals surface area contributed by atoms with Gasteiger partial charge in [0, 0.05) is 11.3 Å². The molecule has 1 aliphatic rings. The molecule has 0 radical (unpaired) electrons. The summed E-state index contributed by atoms with van der Waals surface area (Å²) in [6.45, 7) is 4.07. The average Bonchev–Trinajstić information content (AvgIpc) is 3.30. The van der Waals surface area contributed by atoms with Gasteiger partial charge in [0.1, 0.15) is 5.82 Å². The zero-order valence-electron chi connectivity index (χ0n) is 15.9. The number of H-pyrrole nitrogens is 1. The van der Waals surface area contributed by atoms with Gasteiger partial charge in [0.05, 0.1) is 47.2 Å². The molecule has 4 rings (SSSR count). The highest BCUT2D eigenvalue weighted by Gasteiger charge is 2.31. The second-order valence-corrected chi connectivity index (χ2v) is 9.53. The third-order valence-electron chi connectivity index (χ3n) is 5.26. The van der Waals surface area contributed by atoms with E-state index >= 15 is 0 Å². The summed E-state index contributed by atoms with van der Waals surface area (Å²) in [7, 11) is -2.99. The molecular weight excluding hydrogens is 378 g/mol. The van der Waals surface area contributed by atoms with Crippen molar-refractivity contribution in [1.29, 1.82) is 0 Å². The van der Waals surface area contributed by atoms with Gasteiger partial charge < -0.3 is 10.3 Å². The molecule has 1 fully saturated rings. The molecule has 2 N–H and O–H groups in total. The van der Waals surface area contributed by atoms with Crippen molar-refractivity contribution in [2.24, 2.45) is 0 Å². The summed E-state index contributed by atoms with van der Waals surface area (Å²) in [5.74, 6) is 0.899. The first-order valence-electron chi connectivity index (χ1n) is 9.28. The van der Waals surface area contributed by atoms with Crippen LogP contribution in [0.3, 0.4) is 0 Å². The van der Waals surface area contributed by atoms with Crippen molar-refractivity contribution in [2.45, 2.75) is 39.3 Å². The van der Waals surface area contributed by atoms with Crippen molar-refractivity contribution in [3.8, 4) is 0 Å². The Labute approximate surface area is 163 Å². The summed E-state index contributed by atoms with van der Waals surface area (Å²) in [5.41, 5.74) is 4.28. The quantitative estimate of drug-likeness (QED) is 0.675. The van der Waals surface area contributed by atoms with Gasteiger partial charge >= 0.3 is 0 Å². The van der Waals surface area contributed by atoms with Gasteiger partial charge in [0.25, 0.3) is 0 Å². The molecule has 0 spiro atoms. The number of carbonyl (C=O) groups excluding carboxylic acids is 1. The van der Waals surface area contributed by atoms with E-state index in [1.807, 2.05) is 38.1 Å². The number of para-hydroxylation sites is 2. The lowest BCUT2D eigenvalue weighted by atomic mass is 10.1. The van der Waals surface area contributed by atoms with Gasteiger partial charge in [-0.05, 0) is 32.4 Å². The molecule has 2 aromatic heterocycles. The fourth-order valence-corrected chi connectivity index (χ4v) is 5.46. The van der Waals surface area contributed by atoms with Crippen LogP contribution in [-0.2, 0) is 27.6 Å². The van der Waals surface area contributed by atoms with E-state index in [0.29, 0.717) is 18.8 Å². The lowest BCUT2D eigenvalue weighted by Crippen LogP contribution is -2.25. The van der Waals surface area contributed by atoms with Gasteiger partial charge in [-0.1, -0.05) is 12.1 Å². The molecule has 1 unspecified atom stereocenters. The monoisotopic (exact) mass is 401 g/mol. The molecule has 0 bridgehead atoms. The highest BCUT2D eigenvalue weighted by atomic mass is 32.2. The largest absolute Gasteiger partial charge is 0.349 e. The number of aromatic nitrogens is 4. The van der Waals surface area contributed by atoms with Crippen LogP contribution in [0.15, 0.2) is 24.3 Å². The number of imidazole rings is 1. The Bertz CT molecular complexity index is 1110. The number of sulfone groups is 1. The number of aryl methyl sites for hydroxylation is 1. The van der Waals surface area contributed by atoms with E-state index in [9.17, 15) is 13.2 Å². The van der Waals surface area contributed by atoms with Crippen LogP contribution in [0, 0.1) is 13.8 Å². The molecule has 3 heterocycles. The fourth-order valence-electron chi connectivity index (χ4n) is 3.77. The number of nitrogens with zero attached hydrogens (tertiary/aromatic N) is 3. The van der Waals surface area contributed by atoms with Crippen LogP contribution >= 0.6 is 0 Å². The summed E-state index contributed by atoms with van der Waals surface area (Å²) in [6.07, 6.45) is 0.777. The number of carbonyl (C=O) groups is 1. The topological polar surface area (TPSA) is 110 Å². The Morgan fingerprint density at radius 1 is 1.32 bits per heavy atom. The normalized spacial score (nSPS) is 18.6. The zero-order valence-corrected chi connectivity index (χ0v) is 16.7. The first-order valence-corrected chi connectivity index (χ1v) is 11.1. The Morgan fingerprint density at radius 2 is 2.11 bits per heavy atom. The molecule has 1 saturated heterocycles. The molecular formula is C19H23N5O3S. The molecule has 1 aliphatic heterocycles. The van der Waals surface area contributed by atoms with Crippen LogP contribution in [0.2, 0.25) is 0 Å². The first-order chi connectivity index (χ1) is 13.3. The maximum Gasteiger partial charge on any atom is 0.224 e. The smallest absolute Gasteiger partial charge is 0.224 e. The van der Waals surface area contributed by atoms with Crippen molar-refractivity contribution >= 4 is 26.8 Å². The van der Waals surface area contributed by atoms with Crippen LogP contribution in [-0.4, -0.2) is 45.6 Å². The number of rotatable bonds is 5. The Kier molecular flexibility index (Phi) is 4.70. The van der Waals surface area contributed by atoms with Gasteiger partial charge in [0.2, 0.25) is 5.91 Å². The Hall–Kier alpha value is -2.68. The number of hydrogen-bond acceptors (Lipinski definition) is 5. The minimum absolute atomic E-state index is 0.118. The lowest BCUT2D eigenvalue weighted by Gasteiger charge is -2.11. The number of amides is 1. The minimum Gasteiger partial charge on any atom is -0.349 e. The molecule has 8 nitrogen and oxygen atoms in total. The van der Waals surface area contributed by atoms with Crippen molar-refractivity contribution in [3.63, 3.8) is 0 Å². The van der Waals surface area contributed by atoms with Gasteiger partial charge in [-0.3, -0.25) is 9.48 Å². The van der Waals surface area contributed by atoms with E-state index in [2.05, 4.69) is 20.4 Å². The fraction of sp³-hybridized carbons (Fsp3) is 0.421. The van der Waals surface area contributed by atoms with E-state index in [1.54, 1.807) is 4.68 Å². The summed E-state index contributed by atoms with van der Waals surface area (Å²) in [6, 6.07) is 7.57. The van der Waals surface area contributed by atoms with Crippen LogP contribution in [0.25, 0.3) is 11.0 Å². The van der Waals surface area contributed by atoms with E-state index < -0.39 is 9.84 Å². The average molecular weight is 401 g/mol. The van der Waals surface area contributed by atoms with Crippen molar-refractivity contribution in [1.82, 2.24) is 25.1 Å². The van der Waals surface area contributed by atoms with Crippen LogP contribution in [0.4, 0.5) is 0 Å². The molecule has 0 saturated carbocycles. The SMILES string of the molecule is Cc1nn(C2CCS(=O)(=O)C2)c(C)c1CC(=O)NCc1nc2ccccc2[nH]1. The van der Waals surface area contributed by atoms with Crippen LogP contribution in [0.1, 0.15) is 35.2 Å². The van der Waals surface area contributed by atoms with Gasteiger partial charge in [0.15, 0.2) is 9.84 Å². The molecule has 9 heteroatoms. The van der Waals surface area contributed by atoms with E-state index in [-0.39, 0.29) is 29.9 Å². The highest BCUT2D eigenvalue weighted by molar-refractivity contribution is 7.91. The van der Waals surface area contributed by atoms with Gasteiger partial charge in [-0.2, -0.15) is 5.10 Å². The number of nitrogens with one attached hydrogen (secondary N) is 2. The van der Waals surface area contributed by atoms with E-state index in [0.717, 1.165) is 28.0 Å². The second kappa shape index (κ2) is 7.05. The predicted octanol–water partition coefficient (Wildman–Crippen LogP) is 1.59. The van der Waals surface area contributed by atoms with Gasteiger partial charge in [-0.25, -0.2) is 13.4 Å². The molecule has 1 atom stereocenters. The molecule has 1 aromatic carbocycles. The number of hydrogen-bond donors (Lipinski definition) is 2. The number of benzene rings is 1. The predicted molar refractivity (Wildman–Crippen MR) is 106 cm³/mol. The Balaban J connectivity index is 1.43. The highest BCUT2D eigenvalue weighted by Crippen LogP contribution is 2.27. The number of fused-ring (bicyclic) bond motifs is 1. The maximum absolute atomic E-state index is 12.5. The third kappa shape index (κ3) is 3.66. The minimum atomic E-state index is -2.99. The van der Waals surface area contributed by atoms with E-state index in [1.165, 1.54) is 0 Å². The van der Waals surface area contributed by atoms with Gasteiger partial charge in [-0.15, -0.1) is 0 Å². The summed E-state index contributed by atoms with van der Waals surface area (Å²) in [5, 5.41) is 7.40. The van der Waals surface area contributed by atoms with Crippen LogP contribution in [0.5, 0.6) is 0 Å². The third-order valence-corrected chi connectivity index (χ3v) is 7.01. The summed E-state index contributed by atoms with van der Waals surface area (Å²) >= 11 is 0. The zero-order chi connectivity index (χ0) is 19.9. The first kappa shape index (κ1) is 18.7. The Morgan fingerprint density at radius 3 is 2.82 bits per heavy atom. The van der Waals surface area contributed by atoms with E-state index in [4.69, 9.17) is 0 Å². The molecule has 3 aromatic rings. The number of aromatic amines is 1. The molecule has 28 heavy (non-hydrogen) atoms. The summed E-state index contributed by atoms with van der Waals surface area (Å²) in [4.78, 5) is 20.1. The standard InChI is InChI=1S/C19H23N5O3S/c1-12-15(13(2)24(23-12)14-7-8-28(26,27)11-14)9-19(25)20-10-18-21-16-5-3-4-6-17(16)22-18/h3-6,14H,7-11H2,1-2H3,(H,20,25)(H,21,22). The van der Waals surface area contributed by atoms with Crippen molar-refractivity contribution in [2.75, 3.05) is 11.5 Å². The van der Waals surface area contributed by atoms with Crippen molar-refractivity contribution < 1.29 is 13.2 Å². The van der Waals surface area contributed by atoms with Crippen LogP contribution < -0.4 is 5.32 Å². The molecule has 148 valence electrons. The lowest BCUT2D eigenvalue weighted by molar-refractivity contribution is -0.120.